The summed E-state index contributed by atoms with van der Waals surface area (Å²) in [5.41, 5.74) is 1.01. The second-order valence-corrected chi connectivity index (χ2v) is 12.2. The molecule has 0 saturated carbocycles. The predicted molar refractivity (Wildman–Crippen MR) is 161 cm³/mol. The molecule has 1 amide bonds. The number of rotatable bonds is 2. The molecule has 0 saturated heterocycles. The molecule has 34 heavy (non-hydrogen) atoms. The number of carbonyl (C=O) groups is 2. The largest absolute Gasteiger partial charge is 0.506 e. The molecule has 0 fully saturated rings. The maximum absolute atomic E-state index is 13.2. The Morgan fingerprint density at radius 1 is 0.941 bits per heavy atom. The molecule has 0 aromatic heterocycles. The Balaban J connectivity index is 1.90. The zero-order chi connectivity index (χ0) is 24.5. The van der Waals surface area contributed by atoms with Gasteiger partial charge in [-0.15, -0.1) is 0 Å². The van der Waals surface area contributed by atoms with Crippen LogP contribution in [0.15, 0.2) is 30.3 Å². The summed E-state index contributed by atoms with van der Waals surface area (Å²) in [6.45, 7) is 0. The van der Waals surface area contributed by atoms with E-state index in [0.29, 0.717) is 53.7 Å². The highest BCUT2D eigenvalue weighted by Crippen LogP contribution is 2.60. The first-order valence-corrected chi connectivity index (χ1v) is 14.4. The van der Waals surface area contributed by atoms with Crippen LogP contribution in [0, 0.1) is 14.3 Å². The maximum Gasteiger partial charge on any atom is 0.340 e. The molecule has 0 atom stereocenters. The molecular weight excluding hydrogens is 914 g/mol. The molecule has 0 unspecified atom stereocenters. The summed E-state index contributed by atoms with van der Waals surface area (Å²) in [6.07, 6.45) is 0. The minimum Gasteiger partial charge on any atom is -0.506 e. The fourth-order valence-electron chi connectivity index (χ4n) is 4.09. The van der Waals surface area contributed by atoms with Crippen molar-refractivity contribution in [1.29, 1.82) is 0 Å². The lowest BCUT2D eigenvalue weighted by Crippen LogP contribution is -2.34. The van der Waals surface area contributed by atoms with Crippen LogP contribution in [0.2, 0.25) is 0 Å². The quantitative estimate of drug-likeness (QED) is 0.144. The minimum absolute atomic E-state index is 0.00248. The van der Waals surface area contributed by atoms with Crippen molar-refractivity contribution in [3.8, 4) is 23.0 Å². The number of halogens is 4. The van der Waals surface area contributed by atoms with E-state index in [4.69, 9.17) is 9.47 Å². The van der Waals surface area contributed by atoms with Gasteiger partial charge in [0.25, 0.3) is 0 Å². The fourth-order valence-corrected chi connectivity index (χ4v) is 7.75. The first-order valence-electron chi connectivity index (χ1n) is 9.49. The molecule has 2 aliphatic heterocycles. The van der Waals surface area contributed by atoms with Crippen molar-refractivity contribution in [3.63, 3.8) is 0 Å². The van der Waals surface area contributed by atoms with E-state index in [1.807, 2.05) is 90.4 Å². The van der Waals surface area contributed by atoms with Crippen LogP contribution < -0.4 is 10.1 Å². The van der Waals surface area contributed by atoms with Gasteiger partial charge in [-0.3, -0.25) is 4.79 Å². The monoisotopic (exact) mass is 925 g/mol. The normalized spacial score (nSPS) is 14.7. The number of esters is 1. The molecule has 12 heteroatoms. The second kappa shape index (κ2) is 8.98. The first-order chi connectivity index (χ1) is 16.1. The summed E-state index contributed by atoms with van der Waals surface area (Å²) in [6, 6.07) is 8.41. The Labute approximate surface area is 253 Å². The third kappa shape index (κ3) is 3.60. The zero-order valence-electron chi connectivity index (χ0n) is 16.6. The number of ether oxygens (including phenoxy) is 2. The van der Waals surface area contributed by atoms with Gasteiger partial charge in [0, 0.05) is 11.3 Å². The topological polar surface area (TPSA) is 105 Å². The lowest BCUT2D eigenvalue weighted by Gasteiger charge is -2.38. The van der Waals surface area contributed by atoms with E-state index in [1.165, 1.54) is 0 Å². The molecule has 0 bridgehead atoms. The van der Waals surface area contributed by atoms with Gasteiger partial charge in [-0.2, -0.15) is 12.6 Å². The molecule has 174 valence electrons. The van der Waals surface area contributed by atoms with Crippen LogP contribution in [0.25, 0.3) is 0 Å². The van der Waals surface area contributed by atoms with Gasteiger partial charge < -0.3 is 25.0 Å². The molecule has 2 heterocycles. The average Bonchev–Trinajstić information content (AvgIpc) is 3.10. The number of phenolic OH excluding ortho intramolecular Hbond substituents is 2. The molecule has 0 aliphatic carbocycles. The Kier molecular flexibility index (Phi) is 6.59. The van der Waals surface area contributed by atoms with Gasteiger partial charge in [0.2, 0.25) is 5.91 Å². The summed E-state index contributed by atoms with van der Waals surface area (Å²) >= 11 is 12.0. The third-order valence-corrected chi connectivity index (χ3v) is 9.49. The van der Waals surface area contributed by atoms with Crippen molar-refractivity contribution in [2.45, 2.75) is 5.60 Å². The number of carbonyl (C=O) groups excluding carboxylic acids is 2. The Morgan fingerprint density at radius 2 is 1.50 bits per heavy atom. The molecule has 3 N–H and O–H groups in total. The number of anilines is 1. The Morgan fingerprint density at radius 3 is 2.03 bits per heavy atom. The Hall–Kier alpha value is -0.730. The van der Waals surface area contributed by atoms with Crippen molar-refractivity contribution in [2.24, 2.45) is 0 Å². The van der Waals surface area contributed by atoms with Crippen LogP contribution in [0.1, 0.15) is 27.0 Å². The zero-order valence-corrected chi connectivity index (χ0v) is 26.1. The molecular formula is C22H11I4NO6S. The molecule has 2 aliphatic rings. The summed E-state index contributed by atoms with van der Waals surface area (Å²) in [4.78, 5) is 25.2. The number of hydrogen-bond acceptors (Lipinski definition) is 7. The summed E-state index contributed by atoms with van der Waals surface area (Å²) in [5.74, 6) is -0.0756. The number of fused-ring (bicyclic) bond motifs is 6. The van der Waals surface area contributed by atoms with Crippen LogP contribution in [0.4, 0.5) is 5.69 Å². The summed E-state index contributed by atoms with van der Waals surface area (Å²) in [5, 5.41) is 24.0. The van der Waals surface area contributed by atoms with E-state index >= 15 is 0 Å². The van der Waals surface area contributed by atoms with E-state index in [-0.39, 0.29) is 23.2 Å². The van der Waals surface area contributed by atoms with Gasteiger partial charge in [0.15, 0.2) is 17.1 Å². The van der Waals surface area contributed by atoms with Gasteiger partial charge >= 0.3 is 5.97 Å². The van der Waals surface area contributed by atoms with Crippen LogP contribution in [0.3, 0.4) is 0 Å². The molecule has 7 nitrogen and oxygen atoms in total. The lowest BCUT2D eigenvalue weighted by molar-refractivity contribution is -0.113. The SMILES string of the molecule is O=C(CS)Nc1ccc2c(c1)C1(OC2=O)c2cc(I)c(O)c(I)c2Oc2c1cc(I)c(O)c2I. The number of phenols is 2. The average molecular weight is 925 g/mol. The summed E-state index contributed by atoms with van der Waals surface area (Å²) < 4.78 is 14.4. The van der Waals surface area contributed by atoms with Crippen molar-refractivity contribution >= 4 is 121 Å². The number of amides is 1. The second-order valence-electron chi connectivity index (χ2n) is 7.43. The number of aromatic hydroxyl groups is 2. The molecule has 3 aromatic carbocycles. The van der Waals surface area contributed by atoms with Crippen LogP contribution >= 0.6 is 103 Å². The van der Waals surface area contributed by atoms with Crippen LogP contribution in [-0.2, 0) is 15.1 Å². The highest BCUT2D eigenvalue weighted by atomic mass is 127. The van der Waals surface area contributed by atoms with Crippen LogP contribution in [-0.4, -0.2) is 27.8 Å². The number of hydrogen-bond donors (Lipinski definition) is 4. The predicted octanol–water partition coefficient (Wildman–Crippen LogP) is 5.95. The van der Waals surface area contributed by atoms with Crippen molar-refractivity contribution in [3.05, 3.63) is 66.9 Å². The van der Waals surface area contributed by atoms with E-state index in [2.05, 4.69) is 17.9 Å². The van der Waals surface area contributed by atoms with Gasteiger partial charge in [-0.25, -0.2) is 4.79 Å². The standard InChI is InChI=1S/C22H11I4NO6S/c23-12-4-10-19(15(25)17(12)29)32-20-11(5-13(24)18(30)16(20)26)22(10)9-3-7(27-14(28)6-34)1-2-8(9)21(31)33-22/h1-5,29-30,34H,6H2,(H,27,28). The van der Waals surface area contributed by atoms with E-state index < -0.39 is 11.6 Å². The van der Waals surface area contributed by atoms with Gasteiger partial charge in [0.05, 0.1) is 36.7 Å². The minimum atomic E-state index is -1.42. The first kappa shape index (κ1) is 24.9. The van der Waals surface area contributed by atoms with E-state index in [9.17, 15) is 19.8 Å². The highest BCUT2D eigenvalue weighted by Gasteiger charge is 2.55. The van der Waals surface area contributed by atoms with Crippen LogP contribution in [0.5, 0.6) is 23.0 Å². The third-order valence-electron chi connectivity index (χ3n) is 5.55. The highest BCUT2D eigenvalue weighted by molar-refractivity contribution is 14.1. The fraction of sp³-hybridized carbons (Fsp3) is 0.0909. The molecule has 1 spiro atoms. The molecule has 0 radical (unpaired) electrons. The molecule has 5 rings (SSSR count). The smallest absolute Gasteiger partial charge is 0.340 e. The van der Waals surface area contributed by atoms with Crippen molar-refractivity contribution in [2.75, 3.05) is 11.1 Å². The lowest BCUT2D eigenvalue weighted by atomic mass is 9.77. The number of thiol groups is 1. The van der Waals surface area contributed by atoms with Gasteiger partial charge in [-0.05, 0) is 121 Å². The van der Waals surface area contributed by atoms with E-state index in [1.54, 1.807) is 30.3 Å². The maximum atomic E-state index is 13.2. The van der Waals surface area contributed by atoms with Crippen molar-refractivity contribution in [1.82, 2.24) is 0 Å². The number of benzene rings is 3. The molecule has 3 aromatic rings. The Bertz CT molecular complexity index is 1380. The summed E-state index contributed by atoms with van der Waals surface area (Å²) in [7, 11) is 0. The van der Waals surface area contributed by atoms with Gasteiger partial charge in [-0.1, -0.05) is 0 Å². The van der Waals surface area contributed by atoms with Gasteiger partial charge in [0.1, 0.15) is 11.5 Å². The van der Waals surface area contributed by atoms with Crippen molar-refractivity contribution < 1.29 is 29.3 Å². The number of nitrogens with one attached hydrogen (secondary N) is 1. The van der Waals surface area contributed by atoms with E-state index in [0.717, 1.165) is 0 Å².